The van der Waals surface area contributed by atoms with Crippen LogP contribution >= 0.6 is 15.9 Å². The molecule has 0 spiro atoms. The summed E-state index contributed by atoms with van der Waals surface area (Å²) >= 11 is 3.47. The highest BCUT2D eigenvalue weighted by molar-refractivity contribution is 9.10. The lowest BCUT2D eigenvalue weighted by molar-refractivity contribution is 0.0719. The number of carbonyl (C=O) groups is 1. The van der Waals surface area contributed by atoms with Gasteiger partial charge in [0.05, 0.1) is 6.26 Å². The molecule has 2 aromatic heterocycles. The highest BCUT2D eigenvalue weighted by Crippen LogP contribution is 2.31. The fourth-order valence-corrected chi connectivity index (χ4v) is 3.09. The maximum atomic E-state index is 12.9. The quantitative estimate of drug-likeness (QED) is 0.647. The van der Waals surface area contributed by atoms with Crippen molar-refractivity contribution in [3.63, 3.8) is 0 Å². The molecule has 3 aromatic rings. The second-order valence-corrected chi connectivity index (χ2v) is 6.76. The number of hydrogen-bond donors (Lipinski definition) is 0. The van der Waals surface area contributed by atoms with Crippen LogP contribution in [0.4, 0.5) is 0 Å². The Hall–Kier alpha value is -2.34. The third-order valence-corrected chi connectivity index (χ3v) is 4.48. The minimum atomic E-state index is -0.112. The standard InChI is InChI=1S/C18H15BrN2O3/c19-13-4-1-3-12(9-13)11-21(14-6-7-14)18(22)15-10-17(24-20-15)16-5-2-8-23-16/h1-5,8-10,14H,6-7,11H2. The number of hydrogen-bond acceptors (Lipinski definition) is 4. The third-order valence-electron chi connectivity index (χ3n) is 3.98. The first kappa shape index (κ1) is 15.2. The molecule has 122 valence electrons. The molecule has 0 bridgehead atoms. The van der Waals surface area contributed by atoms with E-state index in [0.717, 1.165) is 22.9 Å². The van der Waals surface area contributed by atoms with Gasteiger partial charge in [0.15, 0.2) is 11.5 Å². The number of amides is 1. The molecule has 2 heterocycles. The summed E-state index contributed by atoms with van der Waals surface area (Å²) in [6.45, 7) is 0.561. The summed E-state index contributed by atoms with van der Waals surface area (Å²) < 4.78 is 11.5. The van der Waals surface area contributed by atoms with Crippen molar-refractivity contribution in [1.82, 2.24) is 10.1 Å². The van der Waals surface area contributed by atoms with E-state index < -0.39 is 0 Å². The van der Waals surface area contributed by atoms with E-state index in [1.165, 1.54) is 0 Å². The minimum absolute atomic E-state index is 0.112. The maximum Gasteiger partial charge on any atom is 0.276 e. The van der Waals surface area contributed by atoms with Crippen LogP contribution in [0.15, 0.2) is 62.1 Å². The van der Waals surface area contributed by atoms with Crippen molar-refractivity contribution >= 4 is 21.8 Å². The van der Waals surface area contributed by atoms with Gasteiger partial charge in [0.2, 0.25) is 5.76 Å². The molecule has 0 saturated heterocycles. The van der Waals surface area contributed by atoms with E-state index >= 15 is 0 Å². The molecule has 0 unspecified atom stereocenters. The van der Waals surface area contributed by atoms with Crippen LogP contribution in [-0.4, -0.2) is 22.0 Å². The van der Waals surface area contributed by atoms with E-state index in [1.54, 1.807) is 24.5 Å². The molecule has 1 fully saturated rings. The molecule has 1 aliphatic carbocycles. The fraction of sp³-hybridized carbons (Fsp3) is 0.222. The summed E-state index contributed by atoms with van der Waals surface area (Å²) in [4.78, 5) is 14.7. The normalized spacial score (nSPS) is 13.9. The van der Waals surface area contributed by atoms with E-state index in [0.29, 0.717) is 23.8 Å². The minimum Gasteiger partial charge on any atom is -0.461 e. The molecule has 4 rings (SSSR count). The molecule has 0 atom stereocenters. The van der Waals surface area contributed by atoms with Crippen LogP contribution in [0.25, 0.3) is 11.5 Å². The summed E-state index contributed by atoms with van der Waals surface area (Å²) in [6, 6.07) is 13.4. The monoisotopic (exact) mass is 386 g/mol. The number of furan rings is 1. The van der Waals surface area contributed by atoms with Gasteiger partial charge in [-0.15, -0.1) is 0 Å². The third kappa shape index (κ3) is 3.14. The smallest absolute Gasteiger partial charge is 0.276 e. The van der Waals surface area contributed by atoms with Gasteiger partial charge in [0.1, 0.15) is 0 Å². The second-order valence-electron chi connectivity index (χ2n) is 5.85. The Labute approximate surface area is 147 Å². The maximum absolute atomic E-state index is 12.9. The number of rotatable bonds is 5. The van der Waals surface area contributed by atoms with Crippen LogP contribution in [0.5, 0.6) is 0 Å². The Morgan fingerprint density at radius 3 is 2.79 bits per heavy atom. The van der Waals surface area contributed by atoms with E-state index in [2.05, 4.69) is 21.1 Å². The van der Waals surface area contributed by atoms with Gasteiger partial charge in [-0.25, -0.2) is 0 Å². The molecular formula is C18H15BrN2O3. The summed E-state index contributed by atoms with van der Waals surface area (Å²) in [6.07, 6.45) is 3.62. The molecule has 0 N–H and O–H groups in total. The highest BCUT2D eigenvalue weighted by Gasteiger charge is 2.34. The Kier molecular flexibility index (Phi) is 3.98. The van der Waals surface area contributed by atoms with Crippen LogP contribution in [0.3, 0.4) is 0 Å². The molecule has 1 aromatic carbocycles. The molecule has 0 aliphatic heterocycles. The predicted molar refractivity (Wildman–Crippen MR) is 91.2 cm³/mol. The summed E-state index contributed by atoms with van der Waals surface area (Å²) in [5.41, 5.74) is 1.39. The summed E-state index contributed by atoms with van der Waals surface area (Å²) in [5, 5.41) is 3.93. The van der Waals surface area contributed by atoms with Crippen LogP contribution in [0.2, 0.25) is 0 Å². The Balaban J connectivity index is 1.56. The summed E-state index contributed by atoms with van der Waals surface area (Å²) in [7, 11) is 0. The van der Waals surface area contributed by atoms with E-state index in [1.807, 2.05) is 29.2 Å². The fourth-order valence-electron chi connectivity index (χ4n) is 2.64. The van der Waals surface area contributed by atoms with Gasteiger partial charge in [-0.2, -0.15) is 0 Å². The van der Waals surface area contributed by atoms with Crippen molar-refractivity contribution < 1.29 is 13.7 Å². The van der Waals surface area contributed by atoms with Gasteiger partial charge in [0.25, 0.3) is 5.91 Å². The molecular weight excluding hydrogens is 372 g/mol. The lowest BCUT2D eigenvalue weighted by Crippen LogP contribution is -2.32. The number of halogens is 1. The Morgan fingerprint density at radius 1 is 1.21 bits per heavy atom. The molecule has 1 saturated carbocycles. The number of aromatic nitrogens is 1. The second kappa shape index (κ2) is 6.28. The van der Waals surface area contributed by atoms with Gasteiger partial charge in [-0.3, -0.25) is 4.79 Å². The summed E-state index contributed by atoms with van der Waals surface area (Å²) in [5.74, 6) is 0.909. The lowest BCUT2D eigenvalue weighted by Gasteiger charge is -2.21. The van der Waals surface area contributed by atoms with Crippen LogP contribution < -0.4 is 0 Å². The first-order valence-corrected chi connectivity index (χ1v) is 8.56. The van der Waals surface area contributed by atoms with Crippen LogP contribution in [-0.2, 0) is 6.54 Å². The predicted octanol–water partition coefficient (Wildman–Crippen LogP) is 4.50. The molecule has 5 nitrogen and oxygen atoms in total. The van der Waals surface area contributed by atoms with Crippen molar-refractivity contribution in [3.05, 3.63) is 64.5 Å². The van der Waals surface area contributed by atoms with E-state index in [4.69, 9.17) is 8.94 Å². The Bertz CT molecular complexity index is 853. The molecule has 1 aliphatic rings. The molecule has 6 heteroatoms. The molecule has 0 radical (unpaired) electrons. The van der Waals surface area contributed by atoms with Gasteiger partial charge in [0, 0.05) is 23.1 Å². The van der Waals surface area contributed by atoms with Crippen LogP contribution in [0.1, 0.15) is 28.9 Å². The van der Waals surface area contributed by atoms with Crippen LogP contribution in [0, 0.1) is 0 Å². The van der Waals surface area contributed by atoms with Crippen molar-refractivity contribution in [3.8, 4) is 11.5 Å². The van der Waals surface area contributed by atoms with E-state index in [-0.39, 0.29) is 11.9 Å². The first-order chi connectivity index (χ1) is 11.7. The van der Waals surface area contributed by atoms with Crippen molar-refractivity contribution in [2.75, 3.05) is 0 Å². The molecule has 1 amide bonds. The topological polar surface area (TPSA) is 59.5 Å². The number of nitrogens with zero attached hydrogens (tertiary/aromatic N) is 2. The van der Waals surface area contributed by atoms with Gasteiger partial charge >= 0.3 is 0 Å². The average molecular weight is 387 g/mol. The zero-order chi connectivity index (χ0) is 16.5. The zero-order valence-corrected chi connectivity index (χ0v) is 14.4. The van der Waals surface area contributed by atoms with Gasteiger partial charge in [-0.1, -0.05) is 33.2 Å². The Morgan fingerprint density at radius 2 is 2.08 bits per heavy atom. The molecule has 24 heavy (non-hydrogen) atoms. The lowest BCUT2D eigenvalue weighted by atomic mass is 10.2. The van der Waals surface area contributed by atoms with Crippen molar-refractivity contribution in [2.45, 2.75) is 25.4 Å². The first-order valence-electron chi connectivity index (χ1n) is 7.77. The number of carbonyl (C=O) groups excluding carboxylic acids is 1. The highest BCUT2D eigenvalue weighted by atomic mass is 79.9. The van der Waals surface area contributed by atoms with E-state index in [9.17, 15) is 4.79 Å². The largest absolute Gasteiger partial charge is 0.461 e. The van der Waals surface area contributed by atoms with Gasteiger partial charge in [-0.05, 0) is 42.7 Å². The zero-order valence-electron chi connectivity index (χ0n) is 12.8. The van der Waals surface area contributed by atoms with Crippen molar-refractivity contribution in [1.29, 1.82) is 0 Å². The van der Waals surface area contributed by atoms with Gasteiger partial charge < -0.3 is 13.8 Å². The SMILES string of the molecule is O=C(c1cc(-c2ccco2)on1)N(Cc1cccc(Br)c1)C1CC1. The average Bonchev–Trinajstić information content (AvgIpc) is 3.08. The number of benzene rings is 1. The van der Waals surface area contributed by atoms with Crippen molar-refractivity contribution in [2.24, 2.45) is 0 Å².